The molecule has 6 heterocycles. The molecule has 2 fully saturated rings. The monoisotopic (exact) mass is 782 g/mol. The van der Waals surface area contributed by atoms with Gasteiger partial charge in [0.1, 0.15) is 41.0 Å². The van der Waals surface area contributed by atoms with Gasteiger partial charge in [-0.25, -0.2) is 18.2 Å². The number of carbonyl (C=O) groups excluding carboxylic acids is 1. The third-order valence-electron chi connectivity index (χ3n) is 10.9. The Bertz CT molecular complexity index is 2470. The zero-order valence-corrected chi connectivity index (χ0v) is 32.5. The van der Waals surface area contributed by atoms with Crippen molar-refractivity contribution in [3.05, 3.63) is 65.0 Å². The van der Waals surface area contributed by atoms with Crippen LogP contribution in [0.15, 0.2) is 35.8 Å². The maximum Gasteiger partial charge on any atom is 0.319 e. The van der Waals surface area contributed by atoms with Crippen LogP contribution < -0.4 is 9.64 Å². The zero-order valence-electron chi connectivity index (χ0n) is 31.7. The number of carbonyl (C=O) groups is 1. The van der Waals surface area contributed by atoms with Crippen LogP contribution in [0.3, 0.4) is 0 Å². The van der Waals surface area contributed by atoms with Gasteiger partial charge >= 0.3 is 6.01 Å². The van der Waals surface area contributed by atoms with Crippen molar-refractivity contribution < 1.29 is 22.7 Å². The molecule has 0 radical (unpaired) electrons. The molecule has 0 N–H and O–H groups in total. The number of hydrogen-bond acceptors (Lipinski definition) is 10. The summed E-state index contributed by atoms with van der Waals surface area (Å²) in [6.07, 6.45) is 4.75. The lowest BCUT2D eigenvalue weighted by molar-refractivity contribution is 0.0821. The van der Waals surface area contributed by atoms with Gasteiger partial charge in [0, 0.05) is 70.6 Å². The highest BCUT2D eigenvalue weighted by atomic mass is 32.1. The molecule has 0 bridgehead atoms. The Labute approximate surface area is 326 Å². The standard InChI is InChI=1S/C40H41F3N10O2S/c1-6-23-15-27-34(33(43)31(23)26-9-10-29(42)35-32(26)28(18-44)37(56-35)45-22-49(2)3)46-39(55-21-40-11-7-13-52(40)19-24(41)17-40)47-36(27)51-12-8-14-53-25(20-51)16-30(48-53)38(54)50(4)5/h6,9-10,15-16,22,24H,1,7-8,11-14,17,19-21H2,2-5H3/t24-,40+/m1/s1. The second-order valence-electron chi connectivity index (χ2n) is 15.1. The van der Waals surface area contributed by atoms with Crippen molar-refractivity contribution in [3.8, 4) is 23.2 Å². The molecule has 0 saturated carbocycles. The number of anilines is 1. The van der Waals surface area contributed by atoms with Crippen molar-refractivity contribution in [2.24, 2.45) is 4.99 Å². The molecule has 3 aromatic heterocycles. The molecule has 2 aromatic carbocycles. The Morgan fingerprint density at radius 2 is 2.00 bits per heavy atom. The normalized spacial score (nSPS) is 19.7. The number of rotatable bonds is 9. The average Bonchev–Trinajstić information content (AvgIpc) is 3.91. The number of aryl methyl sites for hydroxylation is 1. The number of aliphatic imine (C=N–C) groups is 1. The highest BCUT2D eigenvalue weighted by molar-refractivity contribution is 7.23. The highest BCUT2D eigenvalue weighted by Crippen LogP contribution is 2.47. The number of thiophene rings is 1. The summed E-state index contributed by atoms with van der Waals surface area (Å²) in [5.74, 6) is -1.10. The van der Waals surface area contributed by atoms with Crippen LogP contribution in [-0.4, -0.2) is 113 Å². The molecule has 0 unspecified atom stereocenters. The van der Waals surface area contributed by atoms with Crippen molar-refractivity contribution in [1.82, 2.24) is 34.4 Å². The summed E-state index contributed by atoms with van der Waals surface area (Å²) >= 11 is 1.02. The molecule has 5 aromatic rings. The molecule has 8 rings (SSSR count). The topological polar surface area (TPSA) is 119 Å². The number of alkyl halides is 1. The van der Waals surface area contributed by atoms with E-state index in [-0.39, 0.29) is 50.8 Å². The van der Waals surface area contributed by atoms with Crippen molar-refractivity contribution in [3.63, 3.8) is 0 Å². The third-order valence-corrected chi connectivity index (χ3v) is 12.0. The van der Waals surface area contributed by atoms with Crippen LogP contribution >= 0.6 is 11.3 Å². The van der Waals surface area contributed by atoms with Gasteiger partial charge in [0.25, 0.3) is 5.91 Å². The van der Waals surface area contributed by atoms with Crippen LogP contribution in [0.25, 0.3) is 38.2 Å². The second kappa shape index (κ2) is 14.5. The first-order valence-electron chi connectivity index (χ1n) is 18.5. The number of aromatic nitrogens is 4. The summed E-state index contributed by atoms with van der Waals surface area (Å²) < 4.78 is 56.1. The van der Waals surface area contributed by atoms with Gasteiger partial charge in [-0.2, -0.15) is 20.3 Å². The van der Waals surface area contributed by atoms with Crippen LogP contribution in [0.1, 0.15) is 53.0 Å². The first-order chi connectivity index (χ1) is 26.9. The van der Waals surface area contributed by atoms with Gasteiger partial charge < -0.3 is 19.4 Å². The van der Waals surface area contributed by atoms with Crippen molar-refractivity contribution in [2.45, 2.75) is 50.5 Å². The maximum absolute atomic E-state index is 17.6. The minimum atomic E-state index is -0.965. The van der Waals surface area contributed by atoms with Gasteiger partial charge in [-0.3, -0.25) is 14.4 Å². The summed E-state index contributed by atoms with van der Waals surface area (Å²) in [5, 5.41) is 15.8. The largest absolute Gasteiger partial charge is 0.461 e. The van der Waals surface area contributed by atoms with Crippen LogP contribution in [-0.2, 0) is 13.1 Å². The van der Waals surface area contributed by atoms with E-state index >= 15 is 8.78 Å². The van der Waals surface area contributed by atoms with E-state index in [1.54, 1.807) is 45.2 Å². The van der Waals surface area contributed by atoms with E-state index in [0.29, 0.717) is 66.5 Å². The van der Waals surface area contributed by atoms with Crippen LogP contribution in [0.2, 0.25) is 0 Å². The molecule has 16 heteroatoms. The minimum Gasteiger partial charge on any atom is -0.461 e. The van der Waals surface area contributed by atoms with Gasteiger partial charge in [-0.15, -0.1) is 11.3 Å². The molecule has 3 aliphatic rings. The fourth-order valence-electron chi connectivity index (χ4n) is 8.31. The van der Waals surface area contributed by atoms with Gasteiger partial charge in [0.2, 0.25) is 0 Å². The fraction of sp³-hybridized carbons (Fsp3) is 0.400. The highest BCUT2D eigenvalue weighted by Gasteiger charge is 2.49. The third kappa shape index (κ3) is 6.42. The van der Waals surface area contributed by atoms with E-state index in [9.17, 15) is 14.4 Å². The molecule has 3 aliphatic heterocycles. The van der Waals surface area contributed by atoms with E-state index in [0.717, 1.165) is 36.4 Å². The smallest absolute Gasteiger partial charge is 0.319 e. The van der Waals surface area contributed by atoms with Gasteiger partial charge in [-0.1, -0.05) is 18.7 Å². The predicted molar refractivity (Wildman–Crippen MR) is 211 cm³/mol. The van der Waals surface area contributed by atoms with E-state index in [1.807, 2.05) is 9.58 Å². The number of amides is 1. The van der Waals surface area contributed by atoms with Crippen molar-refractivity contribution >= 4 is 61.5 Å². The zero-order chi connectivity index (χ0) is 39.5. The van der Waals surface area contributed by atoms with Gasteiger partial charge in [0.05, 0.1) is 34.4 Å². The summed E-state index contributed by atoms with van der Waals surface area (Å²) in [6, 6.07) is 8.35. The minimum absolute atomic E-state index is 0.0422. The fourth-order valence-corrected chi connectivity index (χ4v) is 9.33. The number of nitrogens with zero attached hydrogens (tertiary/aromatic N) is 10. The molecule has 56 heavy (non-hydrogen) atoms. The Hall–Kier alpha value is -5.53. The van der Waals surface area contributed by atoms with E-state index < -0.39 is 23.3 Å². The Balaban J connectivity index is 1.31. The summed E-state index contributed by atoms with van der Waals surface area (Å²) in [5.41, 5.74) is 1.44. The van der Waals surface area contributed by atoms with E-state index in [2.05, 4.69) is 32.6 Å². The number of fused-ring (bicyclic) bond motifs is 4. The lowest BCUT2D eigenvalue weighted by Gasteiger charge is -2.31. The van der Waals surface area contributed by atoms with Crippen LogP contribution in [0, 0.1) is 23.0 Å². The number of benzene rings is 2. The number of halogens is 3. The quantitative estimate of drug-likeness (QED) is 0.118. The SMILES string of the molecule is C=Cc1cc2c(N3CCCn4nc(C(=O)N(C)C)cc4C3)nc(OC[C@@]34CCCN3C[C@H](F)C4)nc2c(F)c1-c1ccc(F)c2sc(N=CN(C)C)c(C#N)c12. The molecule has 290 valence electrons. The van der Waals surface area contributed by atoms with Crippen molar-refractivity contribution in [1.29, 1.82) is 5.26 Å². The molecule has 12 nitrogen and oxygen atoms in total. The Morgan fingerprint density at radius 3 is 2.75 bits per heavy atom. The van der Waals surface area contributed by atoms with Gasteiger partial charge in [-0.05, 0) is 55.1 Å². The van der Waals surface area contributed by atoms with Crippen LogP contribution in [0.4, 0.5) is 24.0 Å². The Kier molecular flexibility index (Phi) is 9.70. The molecule has 1 amide bonds. The maximum atomic E-state index is 17.6. The molecule has 0 spiro atoms. The number of nitriles is 1. The van der Waals surface area contributed by atoms with Gasteiger partial charge in [0.15, 0.2) is 11.5 Å². The summed E-state index contributed by atoms with van der Waals surface area (Å²) in [7, 11) is 6.91. The molecular weight excluding hydrogens is 742 g/mol. The molecule has 2 saturated heterocycles. The molecule has 0 aliphatic carbocycles. The number of hydrogen-bond donors (Lipinski definition) is 0. The predicted octanol–water partition coefficient (Wildman–Crippen LogP) is 6.79. The van der Waals surface area contributed by atoms with E-state index in [1.165, 1.54) is 29.4 Å². The molecular formula is C40H41F3N10O2S. The van der Waals surface area contributed by atoms with Crippen molar-refractivity contribution in [2.75, 3.05) is 59.3 Å². The number of ether oxygens (including phenoxy) is 1. The van der Waals surface area contributed by atoms with Crippen LogP contribution in [0.5, 0.6) is 6.01 Å². The van der Waals surface area contributed by atoms with E-state index in [4.69, 9.17) is 9.72 Å². The summed E-state index contributed by atoms with van der Waals surface area (Å²) in [4.78, 5) is 34.1. The lowest BCUT2D eigenvalue weighted by Crippen LogP contribution is -2.43. The average molecular weight is 783 g/mol. The first-order valence-corrected chi connectivity index (χ1v) is 19.3. The summed E-state index contributed by atoms with van der Waals surface area (Å²) in [6.45, 7) is 6.65. The second-order valence-corrected chi connectivity index (χ2v) is 16.1. The molecule has 2 atom stereocenters. The lowest BCUT2D eigenvalue weighted by atomic mass is 9.93. The first kappa shape index (κ1) is 37.4. The Morgan fingerprint density at radius 1 is 1.18 bits per heavy atom.